The van der Waals surface area contributed by atoms with Crippen LogP contribution in [0.2, 0.25) is 0 Å². The number of benzene rings is 2. The van der Waals surface area contributed by atoms with Gasteiger partial charge in [0.2, 0.25) is 0 Å². The van der Waals surface area contributed by atoms with Crippen LogP contribution in [0.25, 0.3) is 0 Å². The molecule has 2 nitrogen and oxygen atoms in total. The number of likely N-dealkylation sites (tertiary alicyclic amines) is 1. The summed E-state index contributed by atoms with van der Waals surface area (Å²) in [6, 6.07) is 19.8. The van der Waals surface area contributed by atoms with E-state index in [0.29, 0.717) is 5.92 Å². The molecule has 4 rings (SSSR count). The normalized spacial score (nSPS) is 26.7. The molecular weight excluding hydrogens is 402 g/mol. The molecule has 2 heteroatoms. The third kappa shape index (κ3) is 5.38. The predicted molar refractivity (Wildman–Crippen MR) is 139 cm³/mol. The van der Waals surface area contributed by atoms with Crippen LogP contribution >= 0.6 is 0 Å². The van der Waals surface area contributed by atoms with E-state index in [1.807, 2.05) is 0 Å². The molecular formula is C31H45NO. The summed E-state index contributed by atoms with van der Waals surface area (Å²) in [5.74, 6) is 1.64. The largest absolute Gasteiger partial charge is 0.385 e. The standard InChI is InChI=1S/C31H45NO/c1-6-10-24-13-15-26(16-14-24)27-17-19-28(20-18-27)31(33)22-29(2,3)32(30(4,5)23-31)21-25-11-8-7-9-12-25/h7-9,11-12,17-20,24,26,33H,6,10,13-16,21-23H2,1-5H3. The van der Waals surface area contributed by atoms with Gasteiger partial charge in [-0.2, -0.15) is 0 Å². The van der Waals surface area contributed by atoms with Gasteiger partial charge in [-0.15, -0.1) is 0 Å². The summed E-state index contributed by atoms with van der Waals surface area (Å²) in [7, 11) is 0. The van der Waals surface area contributed by atoms with Crippen molar-refractivity contribution in [2.75, 3.05) is 0 Å². The van der Waals surface area contributed by atoms with Crippen molar-refractivity contribution in [3.8, 4) is 0 Å². The van der Waals surface area contributed by atoms with E-state index in [-0.39, 0.29) is 11.1 Å². The highest BCUT2D eigenvalue weighted by molar-refractivity contribution is 5.32. The van der Waals surface area contributed by atoms with E-state index >= 15 is 0 Å². The highest BCUT2D eigenvalue weighted by Crippen LogP contribution is 2.49. The molecule has 0 radical (unpaired) electrons. The first kappa shape index (κ1) is 24.5. The molecule has 180 valence electrons. The molecule has 0 spiro atoms. The maximum absolute atomic E-state index is 12.0. The molecule has 1 aliphatic heterocycles. The molecule has 33 heavy (non-hydrogen) atoms. The Hall–Kier alpha value is -1.64. The van der Waals surface area contributed by atoms with Gasteiger partial charge in [0.05, 0.1) is 5.60 Å². The summed E-state index contributed by atoms with van der Waals surface area (Å²) in [6.45, 7) is 12.4. The second kappa shape index (κ2) is 9.55. The van der Waals surface area contributed by atoms with Crippen molar-refractivity contribution in [2.45, 2.75) is 115 Å². The van der Waals surface area contributed by atoms with Crippen LogP contribution < -0.4 is 0 Å². The van der Waals surface area contributed by atoms with E-state index in [1.54, 1.807) is 0 Å². The first-order valence-electron chi connectivity index (χ1n) is 13.3. The lowest BCUT2D eigenvalue weighted by molar-refractivity contribution is -0.143. The average Bonchev–Trinajstić information content (AvgIpc) is 2.77. The van der Waals surface area contributed by atoms with Crippen LogP contribution in [0.15, 0.2) is 54.6 Å². The second-order valence-corrected chi connectivity index (χ2v) is 12.2. The highest BCUT2D eigenvalue weighted by atomic mass is 16.3. The van der Waals surface area contributed by atoms with Crippen LogP contribution in [0.4, 0.5) is 0 Å². The van der Waals surface area contributed by atoms with E-state index in [1.165, 1.54) is 49.7 Å². The van der Waals surface area contributed by atoms with Crippen LogP contribution in [0.3, 0.4) is 0 Å². The molecule has 2 aromatic carbocycles. The summed E-state index contributed by atoms with van der Waals surface area (Å²) in [5, 5.41) is 12.0. The number of hydrogen-bond donors (Lipinski definition) is 1. The Labute approximate surface area is 202 Å². The Kier molecular flexibility index (Phi) is 7.08. The van der Waals surface area contributed by atoms with Crippen molar-refractivity contribution >= 4 is 0 Å². The molecule has 2 aliphatic rings. The van der Waals surface area contributed by atoms with E-state index in [4.69, 9.17) is 0 Å². The smallest absolute Gasteiger partial charge is 0.0931 e. The lowest BCUT2D eigenvalue weighted by atomic mass is 9.68. The topological polar surface area (TPSA) is 23.5 Å². The average molecular weight is 448 g/mol. The fourth-order valence-corrected chi connectivity index (χ4v) is 7.16. The first-order chi connectivity index (χ1) is 15.6. The Balaban J connectivity index is 1.49. The predicted octanol–water partition coefficient (Wildman–Crippen LogP) is 7.80. The minimum atomic E-state index is -0.794. The van der Waals surface area contributed by atoms with Crippen molar-refractivity contribution in [1.29, 1.82) is 0 Å². The van der Waals surface area contributed by atoms with Crippen LogP contribution in [0.1, 0.15) is 109 Å². The van der Waals surface area contributed by atoms with Gasteiger partial charge in [-0.3, -0.25) is 4.90 Å². The van der Waals surface area contributed by atoms with E-state index in [9.17, 15) is 5.11 Å². The maximum Gasteiger partial charge on any atom is 0.0931 e. The molecule has 1 N–H and O–H groups in total. The van der Waals surface area contributed by atoms with Crippen LogP contribution in [-0.2, 0) is 12.1 Å². The SMILES string of the molecule is CCCC1CCC(c2ccc(C3(O)CC(C)(C)N(Cc4ccccc4)C(C)(C)C3)cc2)CC1. The van der Waals surface area contributed by atoms with Gasteiger partial charge in [-0.25, -0.2) is 0 Å². The van der Waals surface area contributed by atoms with Crippen molar-refractivity contribution in [3.63, 3.8) is 0 Å². The highest BCUT2D eigenvalue weighted by Gasteiger charge is 2.52. The van der Waals surface area contributed by atoms with E-state index in [2.05, 4.69) is 94.1 Å². The van der Waals surface area contributed by atoms with Gasteiger partial charge in [0.25, 0.3) is 0 Å². The molecule has 1 saturated heterocycles. The number of aliphatic hydroxyl groups is 1. The van der Waals surface area contributed by atoms with Gasteiger partial charge in [0.1, 0.15) is 0 Å². The van der Waals surface area contributed by atoms with Crippen molar-refractivity contribution in [2.24, 2.45) is 5.92 Å². The first-order valence-corrected chi connectivity index (χ1v) is 13.3. The Morgan fingerprint density at radius 2 is 1.39 bits per heavy atom. The summed E-state index contributed by atoms with van der Waals surface area (Å²) < 4.78 is 0. The Morgan fingerprint density at radius 3 is 1.94 bits per heavy atom. The van der Waals surface area contributed by atoms with Gasteiger partial charge >= 0.3 is 0 Å². The molecule has 0 unspecified atom stereocenters. The lowest BCUT2D eigenvalue weighted by Gasteiger charge is -2.58. The zero-order chi connectivity index (χ0) is 23.7. The fraction of sp³-hybridized carbons (Fsp3) is 0.613. The molecule has 2 fully saturated rings. The van der Waals surface area contributed by atoms with Crippen molar-refractivity contribution < 1.29 is 5.11 Å². The van der Waals surface area contributed by atoms with Gasteiger partial charge in [-0.1, -0.05) is 74.4 Å². The summed E-state index contributed by atoms with van der Waals surface area (Å²) >= 11 is 0. The molecule has 0 amide bonds. The van der Waals surface area contributed by atoms with E-state index < -0.39 is 5.60 Å². The zero-order valence-electron chi connectivity index (χ0n) is 21.6. The lowest BCUT2D eigenvalue weighted by Crippen LogP contribution is -2.64. The van der Waals surface area contributed by atoms with Gasteiger partial charge < -0.3 is 5.11 Å². The minimum absolute atomic E-state index is 0.108. The third-order valence-electron chi connectivity index (χ3n) is 8.56. The monoisotopic (exact) mass is 447 g/mol. The molecule has 1 saturated carbocycles. The summed E-state index contributed by atoms with van der Waals surface area (Å²) in [5.41, 5.74) is 2.88. The van der Waals surface area contributed by atoms with Crippen molar-refractivity contribution in [3.05, 3.63) is 71.3 Å². The fourth-order valence-electron chi connectivity index (χ4n) is 7.16. The van der Waals surface area contributed by atoms with Gasteiger partial charge in [0, 0.05) is 17.6 Å². The summed E-state index contributed by atoms with van der Waals surface area (Å²) in [4.78, 5) is 2.59. The second-order valence-electron chi connectivity index (χ2n) is 12.2. The molecule has 0 aromatic heterocycles. The molecule has 1 heterocycles. The zero-order valence-corrected chi connectivity index (χ0v) is 21.6. The molecule has 0 atom stereocenters. The molecule has 2 aromatic rings. The number of rotatable bonds is 6. The summed E-state index contributed by atoms with van der Waals surface area (Å²) in [6.07, 6.45) is 9.61. The quantitative estimate of drug-likeness (QED) is 0.488. The molecule has 1 aliphatic carbocycles. The van der Waals surface area contributed by atoms with Crippen molar-refractivity contribution in [1.82, 2.24) is 4.90 Å². The number of piperidine rings is 1. The maximum atomic E-state index is 12.0. The molecule has 0 bridgehead atoms. The van der Waals surface area contributed by atoms with Crippen LogP contribution in [0, 0.1) is 5.92 Å². The third-order valence-corrected chi connectivity index (χ3v) is 8.56. The van der Waals surface area contributed by atoms with Crippen LogP contribution in [0.5, 0.6) is 0 Å². The van der Waals surface area contributed by atoms with E-state index in [0.717, 1.165) is 30.9 Å². The van der Waals surface area contributed by atoms with Gasteiger partial charge in [-0.05, 0) is 94.7 Å². The minimum Gasteiger partial charge on any atom is -0.385 e. The van der Waals surface area contributed by atoms with Crippen LogP contribution in [-0.4, -0.2) is 21.1 Å². The Bertz CT molecular complexity index is 872. The van der Waals surface area contributed by atoms with Gasteiger partial charge in [0.15, 0.2) is 0 Å². The number of hydrogen-bond acceptors (Lipinski definition) is 2. The Morgan fingerprint density at radius 1 is 0.818 bits per heavy atom. The number of nitrogens with zero attached hydrogens (tertiary/aromatic N) is 1.